The molecule has 3 N–H and O–H groups in total. The van der Waals surface area contributed by atoms with Crippen LogP contribution >= 0.6 is 0 Å². The molecule has 2 aromatic rings. The highest BCUT2D eigenvalue weighted by Gasteiger charge is 2.21. The smallest absolute Gasteiger partial charge is 0.338 e. The van der Waals surface area contributed by atoms with Gasteiger partial charge in [0.1, 0.15) is 0 Å². The van der Waals surface area contributed by atoms with Gasteiger partial charge in [0.2, 0.25) is 5.91 Å². The molecule has 0 aliphatic rings. The topological polar surface area (TPSA) is 98.5 Å². The van der Waals surface area contributed by atoms with Crippen molar-refractivity contribution in [2.24, 2.45) is 5.73 Å². The maximum absolute atomic E-state index is 12.2. The molecular formula is C19H20N2O4. The molecule has 6 nitrogen and oxygen atoms in total. The molecule has 6 heteroatoms. The number of nitrogens with two attached hydrogens (primary N) is 1. The van der Waals surface area contributed by atoms with Gasteiger partial charge in [0.05, 0.1) is 11.6 Å². The summed E-state index contributed by atoms with van der Waals surface area (Å²) in [6.07, 6.45) is -0.950. The number of ether oxygens (including phenoxy) is 1. The van der Waals surface area contributed by atoms with Crippen molar-refractivity contribution in [3.8, 4) is 0 Å². The lowest BCUT2D eigenvalue weighted by Gasteiger charge is -2.18. The Morgan fingerprint density at radius 3 is 2.04 bits per heavy atom. The van der Waals surface area contributed by atoms with E-state index in [4.69, 9.17) is 10.5 Å². The largest absolute Gasteiger partial charge is 0.449 e. The maximum Gasteiger partial charge on any atom is 0.338 e. The van der Waals surface area contributed by atoms with Crippen molar-refractivity contribution < 1.29 is 19.1 Å². The molecule has 2 rings (SSSR count). The minimum atomic E-state index is -0.950. The fourth-order valence-electron chi connectivity index (χ4n) is 2.21. The molecule has 0 bridgehead atoms. The van der Waals surface area contributed by atoms with Gasteiger partial charge in [-0.15, -0.1) is 0 Å². The zero-order chi connectivity index (χ0) is 18.4. The summed E-state index contributed by atoms with van der Waals surface area (Å²) in [5.41, 5.74) is 6.63. The molecule has 0 aliphatic carbocycles. The first kappa shape index (κ1) is 18.2. The van der Waals surface area contributed by atoms with Crippen LogP contribution in [0, 0.1) is 0 Å². The van der Waals surface area contributed by atoms with E-state index in [0.717, 1.165) is 5.56 Å². The van der Waals surface area contributed by atoms with Gasteiger partial charge in [-0.2, -0.15) is 0 Å². The molecule has 130 valence electrons. The normalized spacial score (nSPS) is 12.7. The average Bonchev–Trinajstić information content (AvgIpc) is 2.62. The summed E-state index contributed by atoms with van der Waals surface area (Å²) in [6.45, 7) is 3.35. The summed E-state index contributed by atoms with van der Waals surface area (Å²) in [6, 6.07) is 15.0. The first-order valence-corrected chi connectivity index (χ1v) is 7.84. The van der Waals surface area contributed by atoms with Crippen molar-refractivity contribution >= 4 is 17.8 Å². The lowest BCUT2D eigenvalue weighted by Crippen LogP contribution is -2.37. The van der Waals surface area contributed by atoms with E-state index in [2.05, 4.69) is 5.32 Å². The van der Waals surface area contributed by atoms with Crippen LogP contribution < -0.4 is 11.1 Å². The zero-order valence-electron chi connectivity index (χ0n) is 14.1. The summed E-state index contributed by atoms with van der Waals surface area (Å²) in [5.74, 6) is -1.62. The predicted molar refractivity (Wildman–Crippen MR) is 92.8 cm³/mol. The number of carbonyl (C=O) groups excluding carboxylic acids is 3. The van der Waals surface area contributed by atoms with E-state index in [1.165, 1.54) is 31.2 Å². The van der Waals surface area contributed by atoms with Crippen molar-refractivity contribution in [2.75, 3.05) is 0 Å². The third-order valence-electron chi connectivity index (χ3n) is 3.72. The molecule has 0 heterocycles. The van der Waals surface area contributed by atoms with E-state index in [0.29, 0.717) is 5.56 Å². The third-order valence-corrected chi connectivity index (χ3v) is 3.72. The number of carbonyl (C=O) groups is 3. The molecule has 25 heavy (non-hydrogen) atoms. The minimum absolute atomic E-state index is 0.204. The Bertz CT molecular complexity index is 757. The Kier molecular flexibility index (Phi) is 5.89. The van der Waals surface area contributed by atoms with Crippen LogP contribution in [0.25, 0.3) is 0 Å². The average molecular weight is 340 g/mol. The van der Waals surface area contributed by atoms with Crippen LogP contribution in [-0.4, -0.2) is 23.9 Å². The highest BCUT2D eigenvalue weighted by Crippen LogP contribution is 2.12. The summed E-state index contributed by atoms with van der Waals surface area (Å²) in [5, 5.41) is 2.80. The Hall–Kier alpha value is -3.15. The Morgan fingerprint density at radius 2 is 1.48 bits per heavy atom. The highest BCUT2D eigenvalue weighted by molar-refractivity contribution is 5.96. The Morgan fingerprint density at radius 1 is 0.920 bits per heavy atom. The van der Waals surface area contributed by atoms with Crippen LogP contribution in [-0.2, 0) is 9.53 Å². The van der Waals surface area contributed by atoms with Crippen LogP contribution in [0.5, 0.6) is 0 Å². The van der Waals surface area contributed by atoms with E-state index in [9.17, 15) is 14.4 Å². The van der Waals surface area contributed by atoms with Crippen LogP contribution in [0.15, 0.2) is 54.6 Å². The van der Waals surface area contributed by atoms with E-state index in [1.807, 2.05) is 37.3 Å². The van der Waals surface area contributed by atoms with Gasteiger partial charge in [0.15, 0.2) is 6.10 Å². The van der Waals surface area contributed by atoms with Crippen LogP contribution in [0.2, 0.25) is 0 Å². The SMILES string of the molecule is CC(OC(=O)c1ccc(C(N)=O)cc1)C(=O)NC(C)c1ccccc1. The van der Waals surface area contributed by atoms with Gasteiger partial charge in [0, 0.05) is 5.56 Å². The molecular weight excluding hydrogens is 320 g/mol. The number of primary amides is 1. The molecule has 0 spiro atoms. The van der Waals surface area contributed by atoms with Gasteiger partial charge in [-0.1, -0.05) is 30.3 Å². The fraction of sp³-hybridized carbons (Fsp3) is 0.211. The van der Waals surface area contributed by atoms with Gasteiger partial charge >= 0.3 is 5.97 Å². The lowest BCUT2D eigenvalue weighted by atomic mass is 10.1. The standard InChI is InChI=1S/C19H20N2O4/c1-12(14-6-4-3-5-7-14)21-18(23)13(2)25-19(24)16-10-8-15(9-11-16)17(20)22/h3-13H,1-2H3,(H2,20,22)(H,21,23). The van der Waals surface area contributed by atoms with Crippen molar-refractivity contribution in [3.63, 3.8) is 0 Å². The summed E-state index contributed by atoms with van der Waals surface area (Å²) < 4.78 is 5.17. The third kappa shape index (κ3) is 4.91. The van der Waals surface area contributed by atoms with Crippen molar-refractivity contribution in [1.29, 1.82) is 0 Å². The second kappa shape index (κ2) is 8.10. The zero-order valence-corrected chi connectivity index (χ0v) is 14.1. The van der Waals surface area contributed by atoms with E-state index >= 15 is 0 Å². The number of hydrogen-bond acceptors (Lipinski definition) is 4. The van der Waals surface area contributed by atoms with Crippen LogP contribution in [0.3, 0.4) is 0 Å². The van der Waals surface area contributed by atoms with Crippen LogP contribution in [0.1, 0.15) is 46.2 Å². The Labute approximate surface area is 146 Å². The first-order valence-electron chi connectivity index (χ1n) is 7.84. The van der Waals surface area contributed by atoms with Gasteiger partial charge in [-0.05, 0) is 43.7 Å². The highest BCUT2D eigenvalue weighted by atomic mass is 16.5. The number of nitrogens with one attached hydrogen (secondary N) is 1. The molecule has 2 aromatic carbocycles. The molecule has 0 saturated carbocycles. The number of amides is 2. The molecule has 2 unspecified atom stereocenters. The van der Waals surface area contributed by atoms with E-state index in [-0.39, 0.29) is 11.6 Å². The molecule has 2 atom stereocenters. The second-order valence-corrected chi connectivity index (χ2v) is 5.63. The molecule has 0 saturated heterocycles. The number of rotatable bonds is 6. The summed E-state index contributed by atoms with van der Waals surface area (Å²) >= 11 is 0. The van der Waals surface area contributed by atoms with E-state index in [1.54, 1.807) is 0 Å². The Balaban J connectivity index is 1.93. The van der Waals surface area contributed by atoms with Gasteiger partial charge in [0.25, 0.3) is 5.91 Å². The molecule has 0 aromatic heterocycles. The van der Waals surface area contributed by atoms with Gasteiger partial charge < -0.3 is 15.8 Å². The second-order valence-electron chi connectivity index (χ2n) is 5.63. The lowest BCUT2D eigenvalue weighted by molar-refractivity contribution is -0.129. The molecule has 0 radical (unpaired) electrons. The number of hydrogen-bond donors (Lipinski definition) is 2. The molecule has 0 aliphatic heterocycles. The van der Waals surface area contributed by atoms with Crippen molar-refractivity contribution in [1.82, 2.24) is 5.32 Å². The van der Waals surface area contributed by atoms with Crippen LogP contribution in [0.4, 0.5) is 0 Å². The molecule has 2 amide bonds. The fourth-order valence-corrected chi connectivity index (χ4v) is 2.21. The summed E-state index contributed by atoms with van der Waals surface area (Å²) in [4.78, 5) is 35.3. The first-order chi connectivity index (χ1) is 11.9. The monoisotopic (exact) mass is 340 g/mol. The number of benzene rings is 2. The van der Waals surface area contributed by atoms with Crippen molar-refractivity contribution in [2.45, 2.75) is 26.0 Å². The van der Waals surface area contributed by atoms with Gasteiger partial charge in [-0.25, -0.2) is 4.79 Å². The minimum Gasteiger partial charge on any atom is -0.449 e. The molecule has 0 fully saturated rings. The summed E-state index contributed by atoms with van der Waals surface area (Å²) in [7, 11) is 0. The van der Waals surface area contributed by atoms with Gasteiger partial charge in [-0.3, -0.25) is 9.59 Å². The van der Waals surface area contributed by atoms with E-state index < -0.39 is 23.9 Å². The van der Waals surface area contributed by atoms with Crippen molar-refractivity contribution in [3.05, 3.63) is 71.3 Å². The quantitative estimate of drug-likeness (QED) is 0.788. The maximum atomic E-state index is 12.2. The predicted octanol–water partition coefficient (Wildman–Crippen LogP) is 2.21. The number of esters is 1.